The molecule has 0 radical (unpaired) electrons. The SMILES string of the molecule is Oc1ccccc1-c1cc(F)c2[nH]cnc2c1. The molecule has 0 unspecified atom stereocenters. The van der Waals surface area contributed by atoms with Gasteiger partial charge in [-0.05, 0) is 23.8 Å². The van der Waals surface area contributed by atoms with Crippen molar-refractivity contribution in [2.75, 3.05) is 0 Å². The molecule has 4 heteroatoms. The van der Waals surface area contributed by atoms with Crippen molar-refractivity contribution >= 4 is 11.0 Å². The van der Waals surface area contributed by atoms with Crippen molar-refractivity contribution in [2.24, 2.45) is 0 Å². The number of imidazole rings is 1. The molecular formula is C13H9FN2O. The van der Waals surface area contributed by atoms with E-state index in [0.29, 0.717) is 22.2 Å². The summed E-state index contributed by atoms with van der Waals surface area (Å²) in [4.78, 5) is 6.75. The molecule has 1 aromatic heterocycles. The largest absolute Gasteiger partial charge is 0.507 e. The summed E-state index contributed by atoms with van der Waals surface area (Å²) >= 11 is 0. The normalized spacial score (nSPS) is 10.9. The molecule has 2 aromatic carbocycles. The lowest BCUT2D eigenvalue weighted by Crippen LogP contribution is -1.84. The second-order valence-corrected chi connectivity index (χ2v) is 3.77. The van der Waals surface area contributed by atoms with Crippen molar-refractivity contribution in [2.45, 2.75) is 0 Å². The summed E-state index contributed by atoms with van der Waals surface area (Å²) in [5.74, 6) is -0.250. The van der Waals surface area contributed by atoms with Crippen LogP contribution < -0.4 is 0 Å². The smallest absolute Gasteiger partial charge is 0.149 e. The van der Waals surface area contributed by atoms with Crippen LogP contribution in [-0.4, -0.2) is 15.1 Å². The molecule has 3 rings (SSSR count). The summed E-state index contributed by atoms with van der Waals surface area (Å²) in [6.45, 7) is 0. The molecule has 0 bridgehead atoms. The first-order valence-electron chi connectivity index (χ1n) is 5.17. The van der Waals surface area contributed by atoms with Crippen LogP contribution in [0.15, 0.2) is 42.7 Å². The summed E-state index contributed by atoms with van der Waals surface area (Å²) in [5.41, 5.74) is 2.13. The van der Waals surface area contributed by atoms with E-state index >= 15 is 0 Å². The van der Waals surface area contributed by atoms with E-state index in [4.69, 9.17) is 0 Å². The number of para-hydroxylation sites is 1. The van der Waals surface area contributed by atoms with Crippen molar-refractivity contribution in [3.8, 4) is 16.9 Å². The first-order chi connectivity index (χ1) is 8.25. The minimum atomic E-state index is -0.377. The van der Waals surface area contributed by atoms with E-state index in [1.54, 1.807) is 30.3 Å². The molecule has 0 fully saturated rings. The third kappa shape index (κ3) is 1.54. The van der Waals surface area contributed by atoms with Gasteiger partial charge in [0, 0.05) is 5.56 Å². The Bertz CT molecular complexity index is 691. The summed E-state index contributed by atoms with van der Waals surface area (Å²) in [6.07, 6.45) is 1.45. The minimum absolute atomic E-state index is 0.127. The zero-order chi connectivity index (χ0) is 11.8. The van der Waals surface area contributed by atoms with Gasteiger partial charge < -0.3 is 10.1 Å². The molecule has 3 aromatic rings. The van der Waals surface area contributed by atoms with Crippen LogP contribution in [0.2, 0.25) is 0 Å². The van der Waals surface area contributed by atoms with Gasteiger partial charge in [0.2, 0.25) is 0 Å². The molecule has 1 heterocycles. The average molecular weight is 228 g/mol. The lowest BCUT2D eigenvalue weighted by atomic mass is 10.0. The van der Waals surface area contributed by atoms with E-state index in [0.717, 1.165) is 0 Å². The lowest BCUT2D eigenvalue weighted by Gasteiger charge is -2.04. The fourth-order valence-electron chi connectivity index (χ4n) is 1.88. The molecule has 84 valence electrons. The number of H-pyrrole nitrogens is 1. The molecule has 3 nitrogen and oxygen atoms in total. The van der Waals surface area contributed by atoms with Gasteiger partial charge in [0.05, 0.1) is 11.8 Å². The number of phenolic OH excluding ortho intramolecular Hbond substituents is 1. The first kappa shape index (κ1) is 9.84. The molecule has 0 aliphatic heterocycles. The van der Waals surface area contributed by atoms with Gasteiger partial charge in [-0.3, -0.25) is 0 Å². The second-order valence-electron chi connectivity index (χ2n) is 3.77. The van der Waals surface area contributed by atoms with Crippen LogP contribution >= 0.6 is 0 Å². The van der Waals surface area contributed by atoms with E-state index in [1.807, 2.05) is 0 Å². The monoisotopic (exact) mass is 228 g/mol. The van der Waals surface area contributed by atoms with E-state index in [2.05, 4.69) is 9.97 Å². The second kappa shape index (κ2) is 3.59. The number of hydrogen-bond donors (Lipinski definition) is 2. The predicted molar refractivity (Wildman–Crippen MR) is 63.2 cm³/mol. The Hall–Kier alpha value is -2.36. The minimum Gasteiger partial charge on any atom is -0.507 e. The maximum Gasteiger partial charge on any atom is 0.149 e. The van der Waals surface area contributed by atoms with Gasteiger partial charge >= 0.3 is 0 Å². The maximum atomic E-state index is 13.7. The van der Waals surface area contributed by atoms with Gasteiger partial charge in [0.25, 0.3) is 0 Å². The zero-order valence-corrected chi connectivity index (χ0v) is 8.81. The van der Waals surface area contributed by atoms with E-state index in [1.165, 1.54) is 12.4 Å². The zero-order valence-electron chi connectivity index (χ0n) is 8.81. The molecule has 0 saturated carbocycles. The Morgan fingerprint density at radius 3 is 2.82 bits per heavy atom. The van der Waals surface area contributed by atoms with Crippen LogP contribution in [0.4, 0.5) is 4.39 Å². The van der Waals surface area contributed by atoms with Crippen LogP contribution in [0, 0.1) is 5.82 Å². The van der Waals surface area contributed by atoms with Crippen molar-refractivity contribution < 1.29 is 9.50 Å². The number of aromatic amines is 1. The van der Waals surface area contributed by atoms with Gasteiger partial charge in [-0.1, -0.05) is 18.2 Å². The summed E-state index contributed by atoms with van der Waals surface area (Å²) < 4.78 is 13.7. The Labute approximate surface area is 96.6 Å². The third-order valence-corrected chi connectivity index (χ3v) is 2.70. The first-order valence-corrected chi connectivity index (χ1v) is 5.17. The van der Waals surface area contributed by atoms with Gasteiger partial charge in [-0.25, -0.2) is 9.37 Å². The topological polar surface area (TPSA) is 48.9 Å². The number of benzene rings is 2. The molecule has 2 N–H and O–H groups in total. The number of hydrogen-bond acceptors (Lipinski definition) is 2. The summed E-state index contributed by atoms with van der Waals surface area (Å²) in [5, 5.41) is 9.73. The number of rotatable bonds is 1. The molecule has 17 heavy (non-hydrogen) atoms. The van der Waals surface area contributed by atoms with E-state index in [9.17, 15) is 9.50 Å². The van der Waals surface area contributed by atoms with E-state index in [-0.39, 0.29) is 11.6 Å². The third-order valence-electron chi connectivity index (χ3n) is 2.70. The fraction of sp³-hybridized carbons (Fsp3) is 0. The summed E-state index contributed by atoms with van der Waals surface area (Å²) in [6, 6.07) is 9.95. The molecule has 0 saturated heterocycles. The van der Waals surface area contributed by atoms with Crippen LogP contribution in [0.3, 0.4) is 0 Å². The summed E-state index contributed by atoms with van der Waals surface area (Å²) in [7, 11) is 0. The average Bonchev–Trinajstić information content (AvgIpc) is 2.78. The number of nitrogens with one attached hydrogen (secondary N) is 1. The van der Waals surface area contributed by atoms with Crippen LogP contribution in [0.1, 0.15) is 0 Å². The molecule has 0 atom stereocenters. The van der Waals surface area contributed by atoms with Gasteiger partial charge in [0.1, 0.15) is 17.1 Å². The fourth-order valence-corrected chi connectivity index (χ4v) is 1.88. The molecule has 0 aliphatic rings. The van der Waals surface area contributed by atoms with Crippen molar-refractivity contribution in [1.29, 1.82) is 0 Å². The number of phenols is 1. The quantitative estimate of drug-likeness (QED) is 0.672. The van der Waals surface area contributed by atoms with Crippen molar-refractivity contribution in [1.82, 2.24) is 9.97 Å². The Kier molecular flexibility index (Phi) is 2.08. The highest BCUT2D eigenvalue weighted by molar-refractivity contribution is 5.83. The standard InChI is InChI=1S/C13H9FN2O/c14-10-5-8(6-11-13(10)16-7-15-11)9-3-1-2-4-12(9)17/h1-7,17H,(H,15,16). The Morgan fingerprint density at radius 2 is 2.00 bits per heavy atom. The van der Waals surface area contributed by atoms with Crippen molar-refractivity contribution in [3.63, 3.8) is 0 Å². The van der Waals surface area contributed by atoms with Crippen LogP contribution in [-0.2, 0) is 0 Å². The highest BCUT2D eigenvalue weighted by Crippen LogP contribution is 2.31. The highest BCUT2D eigenvalue weighted by Gasteiger charge is 2.09. The van der Waals surface area contributed by atoms with E-state index < -0.39 is 0 Å². The van der Waals surface area contributed by atoms with Gasteiger partial charge in [-0.15, -0.1) is 0 Å². The molecule has 0 aliphatic carbocycles. The highest BCUT2D eigenvalue weighted by atomic mass is 19.1. The number of nitrogens with zero attached hydrogens (tertiary/aromatic N) is 1. The number of aromatic nitrogens is 2. The molecular weight excluding hydrogens is 219 g/mol. The van der Waals surface area contributed by atoms with Crippen molar-refractivity contribution in [3.05, 3.63) is 48.5 Å². The van der Waals surface area contributed by atoms with Gasteiger partial charge in [0.15, 0.2) is 0 Å². The van der Waals surface area contributed by atoms with Gasteiger partial charge in [-0.2, -0.15) is 0 Å². The molecule has 0 amide bonds. The Morgan fingerprint density at radius 1 is 1.18 bits per heavy atom. The van der Waals surface area contributed by atoms with Crippen LogP contribution in [0.5, 0.6) is 5.75 Å². The number of fused-ring (bicyclic) bond motifs is 1. The maximum absolute atomic E-state index is 13.7. The predicted octanol–water partition coefficient (Wildman–Crippen LogP) is 3.07. The lowest BCUT2D eigenvalue weighted by molar-refractivity contribution is 0.477. The molecule has 0 spiro atoms. The van der Waals surface area contributed by atoms with Crippen LogP contribution in [0.25, 0.3) is 22.2 Å². The number of aromatic hydroxyl groups is 1. The number of halogens is 1. The Balaban J connectivity index is 2.28.